The summed E-state index contributed by atoms with van der Waals surface area (Å²) in [5.41, 5.74) is 1.55. The van der Waals surface area contributed by atoms with Crippen LogP contribution in [0.3, 0.4) is 0 Å². The van der Waals surface area contributed by atoms with E-state index in [0.29, 0.717) is 11.5 Å². The van der Waals surface area contributed by atoms with Crippen LogP contribution in [0.4, 0.5) is 0 Å². The van der Waals surface area contributed by atoms with E-state index in [4.69, 9.17) is 14.2 Å². The minimum Gasteiger partial charge on any atom is -0.497 e. The van der Waals surface area contributed by atoms with E-state index < -0.39 is 21.2 Å². The minimum absolute atomic E-state index is 0.113. The third-order valence-corrected chi connectivity index (χ3v) is 6.53. The van der Waals surface area contributed by atoms with Crippen molar-refractivity contribution in [3.05, 3.63) is 59.7 Å². The predicted octanol–water partition coefficient (Wildman–Crippen LogP) is 2.99. The van der Waals surface area contributed by atoms with E-state index in [0.717, 1.165) is 11.1 Å². The van der Waals surface area contributed by atoms with Crippen molar-refractivity contribution in [1.82, 2.24) is 4.31 Å². The quantitative estimate of drug-likeness (QED) is 0.549. The molecule has 0 radical (unpaired) electrons. The van der Waals surface area contributed by atoms with Crippen LogP contribution in [0.5, 0.6) is 11.5 Å². The van der Waals surface area contributed by atoms with Gasteiger partial charge in [-0.15, -0.1) is 0 Å². The van der Waals surface area contributed by atoms with Crippen LogP contribution < -0.4 is 9.47 Å². The molecule has 1 unspecified atom stereocenters. The molecular weight excluding hydrogens is 394 g/mol. The van der Waals surface area contributed by atoms with Crippen molar-refractivity contribution >= 4 is 16.0 Å². The van der Waals surface area contributed by atoms with Crippen molar-refractivity contribution in [3.8, 4) is 11.5 Å². The van der Waals surface area contributed by atoms with Crippen LogP contribution in [0.2, 0.25) is 0 Å². The lowest BCUT2D eigenvalue weighted by Crippen LogP contribution is -2.41. The lowest BCUT2D eigenvalue weighted by molar-refractivity contribution is -0.142. The first-order valence-corrected chi connectivity index (χ1v) is 10.7. The van der Waals surface area contributed by atoms with Crippen LogP contribution >= 0.6 is 0 Å². The zero-order valence-electron chi connectivity index (χ0n) is 17.1. The highest BCUT2D eigenvalue weighted by atomic mass is 32.2. The maximum absolute atomic E-state index is 13.2. The number of carbonyl (C=O) groups excluding carboxylic acids is 1. The molecule has 7 nitrogen and oxygen atoms in total. The highest BCUT2D eigenvalue weighted by Crippen LogP contribution is 2.21. The fraction of sp³-hybridized carbons (Fsp3) is 0.381. The number of methoxy groups -OCH3 is 2. The Morgan fingerprint density at radius 3 is 1.66 bits per heavy atom. The summed E-state index contributed by atoms with van der Waals surface area (Å²) in [6.07, 6.45) is 0. The summed E-state index contributed by atoms with van der Waals surface area (Å²) in [5.74, 6) is 0.596. The Balaban J connectivity index is 2.32. The molecule has 0 aromatic heterocycles. The smallest absolute Gasteiger partial charge is 0.325 e. The summed E-state index contributed by atoms with van der Waals surface area (Å²) >= 11 is 0. The number of ether oxygens (including phenoxy) is 3. The molecule has 0 aliphatic heterocycles. The van der Waals surface area contributed by atoms with E-state index in [1.165, 1.54) is 11.2 Å². The van der Waals surface area contributed by atoms with Gasteiger partial charge in [0.2, 0.25) is 10.0 Å². The second-order valence-corrected chi connectivity index (χ2v) is 8.66. The summed E-state index contributed by atoms with van der Waals surface area (Å²) in [5, 5.41) is -1.31. The molecule has 8 heteroatoms. The van der Waals surface area contributed by atoms with Gasteiger partial charge in [-0.3, -0.25) is 4.79 Å². The largest absolute Gasteiger partial charge is 0.497 e. The summed E-state index contributed by atoms with van der Waals surface area (Å²) < 4.78 is 42.9. The van der Waals surface area contributed by atoms with Gasteiger partial charge in [0.1, 0.15) is 11.5 Å². The van der Waals surface area contributed by atoms with Gasteiger partial charge in [-0.25, -0.2) is 8.42 Å². The van der Waals surface area contributed by atoms with E-state index in [1.54, 1.807) is 69.7 Å². The summed E-state index contributed by atoms with van der Waals surface area (Å²) in [4.78, 5) is 12.1. The van der Waals surface area contributed by atoms with Gasteiger partial charge in [-0.1, -0.05) is 24.3 Å². The topological polar surface area (TPSA) is 82.1 Å². The Kier molecular flexibility index (Phi) is 8.04. The SMILES string of the molecule is CCOC(=O)C(C)S(=O)(=O)N(Cc1ccc(OC)cc1)Cc1ccc(OC)cc1. The van der Waals surface area contributed by atoms with Crippen LogP contribution in [0.1, 0.15) is 25.0 Å². The Bertz CT molecular complexity index is 844. The van der Waals surface area contributed by atoms with Gasteiger partial charge >= 0.3 is 5.97 Å². The van der Waals surface area contributed by atoms with Crippen LogP contribution in [0.25, 0.3) is 0 Å². The van der Waals surface area contributed by atoms with Crippen LogP contribution in [0.15, 0.2) is 48.5 Å². The van der Waals surface area contributed by atoms with Crippen molar-refractivity contribution in [3.63, 3.8) is 0 Å². The third-order valence-electron chi connectivity index (χ3n) is 4.46. The van der Waals surface area contributed by atoms with E-state index in [2.05, 4.69) is 0 Å². The number of nitrogens with zero attached hydrogens (tertiary/aromatic N) is 1. The first kappa shape index (κ1) is 22.7. The van der Waals surface area contributed by atoms with Crippen molar-refractivity contribution in [2.24, 2.45) is 0 Å². The van der Waals surface area contributed by atoms with Crippen molar-refractivity contribution in [2.45, 2.75) is 32.2 Å². The lowest BCUT2D eigenvalue weighted by atomic mass is 10.2. The van der Waals surface area contributed by atoms with Crippen molar-refractivity contribution in [2.75, 3.05) is 20.8 Å². The van der Waals surface area contributed by atoms with Gasteiger partial charge in [-0.2, -0.15) is 4.31 Å². The highest BCUT2D eigenvalue weighted by Gasteiger charge is 2.35. The number of sulfonamides is 1. The van der Waals surface area contributed by atoms with E-state index >= 15 is 0 Å². The number of hydrogen-bond donors (Lipinski definition) is 0. The molecule has 0 saturated carbocycles. The number of hydrogen-bond acceptors (Lipinski definition) is 6. The van der Waals surface area contributed by atoms with Crippen LogP contribution in [-0.4, -0.2) is 44.8 Å². The summed E-state index contributed by atoms with van der Waals surface area (Å²) in [6.45, 7) is 3.34. The molecule has 2 rings (SSSR count). The molecule has 2 aromatic rings. The number of esters is 1. The van der Waals surface area contributed by atoms with E-state index in [9.17, 15) is 13.2 Å². The van der Waals surface area contributed by atoms with Gasteiger partial charge < -0.3 is 14.2 Å². The first-order chi connectivity index (χ1) is 13.8. The highest BCUT2D eigenvalue weighted by molar-refractivity contribution is 7.90. The molecule has 0 aliphatic rings. The van der Waals surface area contributed by atoms with Gasteiger partial charge in [0.15, 0.2) is 5.25 Å². The maximum Gasteiger partial charge on any atom is 0.325 e. The normalized spacial score (nSPS) is 12.4. The molecule has 0 N–H and O–H groups in total. The maximum atomic E-state index is 13.2. The zero-order valence-corrected chi connectivity index (χ0v) is 17.9. The Labute approximate surface area is 172 Å². The van der Waals surface area contributed by atoms with Crippen molar-refractivity contribution < 1.29 is 27.4 Å². The predicted molar refractivity (Wildman–Crippen MR) is 110 cm³/mol. The monoisotopic (exact) mass is 421 g/mol. The van der Waals surface area contributed by atoms with Gasteiger partial charge in [0.05, 0.1) is 20.8 Å². The fourth-order valence-electron chi connectivity index (χ4n) is 2.71. The van der Waals surface area contributed by atoms with Gasteiger partial charge in [-0.05, 0) is 49.2 Å². The second-order valence-electron chi connectivity index (χ2n) is 6.40. The van der Waals surface area contributed by atoms with Gasteiger partial charge in [0, 0.05) is 13.1 Å². The molecule has 0 aliphatic carbocycles. The van der Waals surface area contributed by atoms with E-state index in [-0.39, 0.29) is 19.7 Å². The average molecular weight is 422 g/mol. The molecule has 0 spiro atoms. The molecule has 0 amide bonds. The molecule has 2 aromatic carbocycles. The molecule has 0 saturated heterocycles. The zero-order chi connectivity index (χ0) is 21.4. The third kappa shape index (κ3) is 5.95. The fourth-order valence-corrected chi connectivity index (χ4v) is 4.13. The first-order valence-electron chi connectivity index (χ1n) is 9.23. The van der Waals surface area contributed by atoms with Crippen LogP contribution in [0, 0.1) is 0 Å². The Hall–Kier alpha value is -2.58. The molecule has 158 valence electrons. The standard InChI is InChI=1S/C21H27NO6S/c1-5-28-21(23)16(2)29(24,25)22(14-17-6-10-19(26-3)11-7-17)15-18-8-12-20(27-4)13-9-18/h6-13,16H,5,14-15H2,1-4H3. The van der Waals surface area contributed by atoms with E-state index in [1.807, 2.05) is 0 Å². The average Bonchev–Trinajstić information content (AvgIpc) is 2.73. The summed E-state index contributed by atoms with van der Waals surface area (Å²) in [7, 11) is -0.822. The van der Waals surface area contributed by atoms with Gasteiger partial charge in [0.25, 0.3) is 0 Å². The Morgan fingerprint density at radius 2 is 1.31 bits per heavy atom. The Morgan fingerprint density at radius 1 is 0.897 bits per heavy atom. The molecular formula is C21H27NO6S. The molecule has 0 heterocycles. The number of carbonyl (C=O) groups is 1. The second kappa shape index (κ2) is 10.3. The number of benzene rings is 2. The lowest BCUT2D eigenvalue weighted by Gasteiger charge is -2.25. The molecule has 29 heavy (non-hydrogen) atoms. The van der Waals surface area contributed by atoms with Crippen molar-refractivity contribution in [1.29, 1.82) is 0 Å². The summed E-state index contributed by atoms with van der Waals surface area (Å²) in [6, 6.07) is 14.2. The number of rotatable bonds is 10. The molecule has 1 atom stereocenters. The molecule has 0 bridgehead atoms. The minimum atomic E-state index is -3.95. The van der Waals surface area contributed by atoms with Crippen LogP contribution in [-0.2, 0) is 32.6 Å². The molecule has 0 fully saturated rings.